The third-order valence-electron chi connectivity index (χ3n) is 3.18. The molecule has 100 valence electrons. The number of aromatic nitrogens is 1. The highest BCUT2D eigenvalue weighted by Gasteiger charge is 2.08. The number of benzene rings is 2. The Bertz CT molecular complexity index is 843. The molecule has 1 heterocycles. The summed E-state index contributed by atoms with van der Waals surface area (Å²) in [5, 5.41) is 13.6. The lowest BCUT2D eigenvalue weighted by Crippen LogP contribution is -2.12. The number of rotatable bonds is 2. The highest BCUT2D eigenvalue weighted by atomic mass is 16.1. The average molecular weight is 273 g/mol. The molecular formula is C17H11N3O. The Morgan fingerprint density at radius 1 is 1.05 bits per heavy atom. The molecule has 0 spiro atoms. The van der Waals surface area contributed by atoms with Crippen molar-refractivity contribution in [3.05, 3.63) is 72.1 Å². The fourth-order valence-electron chi connectivity index (χ4n) is 2.12. The van der Waals surface area contributed by atoms with Crippen molar-refractivity contribution < 1.29 is 4.79 Å². The number of nitrogens with one attached hydrogen (secondary N) is 1. The molecule has 1 N–H and O–H groups in total. The summed E-state index contributed by atoms with van der Waals surface area (Å²) in [6.45, 7) is 0. The average Bonchev–Trinajstić information content (AvgIpc) is 2.55. The van der Waals surface area contributed by atoms with Crippen LogP contribution in [0.25, 0.3) is 10.8 Å². The number of amides is 1. The number of anilines is 1. The summed E-state index contributed by atoms with van der Waals surface area (Å²) >= 11 is 0. The lowest BCUT2D eigenvalue weighted by atomic mass is 10.1. The summed E-state index contributed by atoms with van der Waals surface area (Å²) in [5.41, 5.74) is 1.46. The normalized spacial score (nSPS) is 10.0. The minimum absolute atomic E-state index is 0.247. The van der Waals surface area contributed by atoms with E-state index in [1.54, 1.807) is 6.07 Å². The molecule has 0 fully saturated rings. The van der Waals surface area contributed by atoms with Crippen molar-refractivity contribution in [2.45, 2.75) is 0 Å². The molecule has 3 aromatic rings. The van der Waals surface area contributed by atoms with E-state index in [0.717, 1.165) is 16.5 Å². The molecule has 0 atom stereocenters. The molecule has 1 amide bonds. The maximum atomic E-state index is 12.2. The van der Waals surface area contributed by atoms with Gasteiger partial charge in [0.1, 0.15) is 11.8 Å². The summed E-state index contributed by atoms with van der Waals surface area (Å²) in [4.78, 5) is 16.1. The number of pyridine rings is 1. The van der Waals surface area contributed by atoms with Crippen molar-refractivity contribution in [2.75, 3.05) is 5.32 Å². The van der Waals surface area contributed by atoms with E-state index in [0.29, 0.717) is 5.56 Å². The van der Waals surface area contributed by atoms with Gasteiger partial charge in [-0.05, 0) is 23.6 Å². The second-order valence-electron chi connectivity index (χ2n) is 4.52. The number of fused-ring (bicyclic) bond motifs is 1. The van der Waals surface area contributed by atoms with Crippen LogP contribution in [0, 0.1) is 11.3 Å². The third kappa shape index (κ3) is 2.58. The smallest absolute Gasteiger partial charge is 0.257 e. The van der Waals surface area contributed by atoms with Crippen molar-refractivity contribution in [3.63, 3.8) is 0 Å². The van der Waals surface area contributed by atoms with Crippen LogP contribution in [0.15, 0.2) is 60.8 Å². The Morgan fingerprint density at radius 3 is 2.62 bits per heavy atom. The zero-order chi connectivity index (χ0) is 14.7. The lowest BCUT2D eigenvalue weighted by molar-refractivity contribution is 0.102. The maximum absolute atomic E-state index is 12.2. The molecule has 0 aliphatic carbocycles. The largest absolute Gasteiger partial charge is 0.321 e. The number of hydrogen-bond donors (Lipinski definition) is 1. The van der Waals surface area contributed by atoms with Gasteiger partial charge in [-0.2, -0.15) is 5.26 Å². The maximum Gasteiger partial charge on any atom is 0.257 e. The Kier molecular flexibility index (Phi) is 3.32. The van der Waals surface area contributed by atoms with Crippen LogP contribution in [0.3, 0.4) is 0 Å². The molecule has 3 rings (SSSR count). The molecule has 4 heteroatoms. The van der Waals surface area contributed by atoms with E-state index in [1.807, 2.05) is 48.5 Å². The number of hydrogen-bond acceptors (Lipinski definition) is 3. The molecule has 0 bridgehead atoms. The predicted molar refractivity (Wildman–Crippen MR) is 80.9 cm³/mol. The van der Waals surface area contributed by atoms with Crippen molar-refractivity contribution in [1.29, 1.82) is 5.26 Å². The number of nitrogens with zero attached hydrogens (tertiary/aromatic N) is 2. The topological polar surface area (TPSA) is 65.8 Å². The van der Waals surface area contributed by atoms with E-state index in [-0.39, 0.29) is 11.6 Å². The van der Waals surface area contributed by atoms with Gasteiger partial charge < -0.3 is 5.32 Å². The van der Waals surface area contributed by atoms with Crippen LogP contribution in [0.2, 0.25) is 0 Å². The molecule has 0 radical (unpaired) electrons. The summed E-state index contributed by atoms with van der Waals surface area (Å²) in [6, 6.07) is 18.6. The van der Waals surface area contributed by atoms with E-state index < -0.39 is 0 Å². The van der Waals surface area contributed by atoms with Gasteiger partial charge in [0.2, 0.25) is 0 Å². The van der Waals surface area contributed by atoms with Crippen LogP contribution < -0.4 is 5.32 Å². The minimum Gasteiger partial charge on any atom is -0.321 e. The van der Waals surface area contributed by atoms with Crippen molar-refractivity contribution in [3.8, 4) is 6.07 Å². The van der Waals surface area contributed by atoms with E-state index in [4.69, 9.17) is 5.26 Å². The highest BCUT2D eigenvalue weighted by molar-refractivity contribution is 6.08. The van der Waals surface area contributed by atoms with Gasteiger partial charge in [0.25, 0.3) is 5.91 Å². The third-order valence-corrected chi connectivity index (χ3v) is 3.18. The van der Waals surface area contributed by atoms with Gasteiger partial charge in [0.15, 0.2) is 0 Å². The molecule has 4 nitrogen and oxygen atoms in total. The molecular weight excluding hydrogens is 262 g/mol. The first-order valence-electron chi connectivity index (χ1n) is 6.43. The van der Waals surface area contributed by atoms with E-state index in [2.05, 4.69) is 10.3 Å². The molecule has 0 unspecified atom stereocenters. The van der Waals surface area contributed by atoms with Crippen molar-refractivity contribution in [1.82, 2.24) is 4.98 Å². The SMILES string of the molecule is N#Cc1ccc(C(=O)Nc2cccc3ccccc23)cn1. The Labute approximate surface area is 121 Å². The molecule has 0 saturated heterocycles. The van der Waals surface area contributed by atoms with Crippen LogP contribution in [0.1, 0.15) is 16.1 Å². The van der Waals surface area contributed by atoms with Gasteiger partial charge in [0, 0.05) is 17.3 Å². The first-order valence-corrected chi connectivity index (χ1v) is 6.43. The van der Waals surface area contributed by atoms with Crippen LogP contribution in [0.5, 0.6) is 0 Å². The molecule has 0 aliphatic rings. The Hall–Kier alpha value is -3.19. The monoisotopic (exact) mass is 273 g/mol. The van der Waals surface area contributed by atoms with E-state index in [1.165, 1.54) is 12.3 Å². The lowest BCUT2D eigenvalue weighted by Gasteiger charge is -2.08. The summed E-state index contributed by atoms with van der Waals surface area (Å²) in [5.74, 6) is -0.247. The fourth-order valence-corrected chi connectivity index (χ4v) is 2.12. The van der Waals surface area contributed by atoms with Crippen molar-refractivity contribution in [2.24, 2.45) is 0 Å². The van der Waals surface area contributed by atoms with Gasteiger partial charge in [-0.25, -0.2) is 4.98 Å². The molecule has 2 aromatic carbocycles. The van der Waals surface area contributed by atoms with Crippen molar-refractivity contribution >= 4 is 22.4 Å². The standard InChI is InChI=1S/C17H11N3O/c18-10-14-9-8-13(11-19-14)17(21)20-16-7-3-5-12-4-1-2-6-15(12)16/h1-9,11H,(H,20,21). The van der Waals surface area contributed by atoms with Gasteiger partial charge in [-0.3, -0.25) is 4.79 Å². The van der Waals surface area contributed by atoms with Crippen LogP contribution in [0.4, 0.5) is 5.69 Å². The summed E-state index contributed by atoms with van der Waals surface area (Å²) in [7, 11) is 0. The molecule has 0 aliphatic heterocycles. The highest BCUT2D eigenvalue weighted by Crippen LogP contribution is 2.23. The molecule has 21 heavy (non-hydrogen) atoms. The van der Waals surface area contributed by atoms with Gasteiger partial charge in [-0.1, -0.05) is 36.4 Å². The first kappa shape index (κ1) is 12.8. The van der Waals surface area contributed by atoms with E-state index >= 15 is 0 Å². The Morgan fingerprint density at radius 2 is 1.86 bits per heavy atom. The van der Waals surface area contributed by atoms with Crippen LogP contribution in [-0.4, -0.2) is 10.9 Å². The molecule has 1 aromatic heterocycles. The molecule has 0 saturated carbocycles. The number of carbonyl (C=O) groups excluding carboxylic acids is 1. The van der Waals surface area contributed by atoms with Crippen LogP contribution >= 0.6 is 0 Å². The van der Waals surface area contributed by atoms with Gasteiger partial charge >= 0.3 is 0 Å². The van der Waals surface area contributed by atoms with Gasteiger partial charge in [0.05, 0.1) is 5.56 Å². The van der Waals surface area contributed by atoms with Crippen LogP contribution in [-0.2, 0) is 0 Å². The zero-order valence-corrected chi connectivity index (χ0v) is 11.1. The number of carbonyl (C=O) groups is 1. The van der Waals surface area contributed by atoms with Gasteiger partial charge in [-0.15, -0.1) is 0 Å². The summed E-state index contributed by atoms with van der Waals surface area (Å²) < 4.78 is 0. The van der Waals surface area contributed by atoms with E-state index in [9.17, 15) is 4.79 Å². The number of nitriles is 1. The Balaban J connectivity index is 1.91. The second-order valence-corrected chi connectivity index (χ2v) is 4.52. The quantitative estimate of drug-likeness (QED) is 0.778. The minimum atomic E-state index is -0.247. The fraction of sp³-hybridized carbons (Fsp3) is 0. The predicted octanol–water partition coefficient (Wildman–Crippen LogP) is 3.36. The second kappa shape index (κ2) is 5.43. The summed E-state index contributed by atoms with van der Waals surface area (Å²) in [6.07, 6.45) is 1.40. The zero-order valence-electron chi connectivity index (χ0n) is 11.1. The first-order chi connectivity index (χ1) is 10.3.